The molecule has 1 heterocycles. The number of carbonyl (C=O) groups is 2. The van der Waals surface area contributed by atoms with Gasteiger partial charge in [-0.05, 0) is 55.0 Å². The van der Waals surface area contributed by atoms with Gasteiger partial charge in [-0.1, -0.05) is 18.2 Å². The topological polar surface area (TPSA) is 79.9 Å². The first-order valence-electron chi connectivity index (χ1n) is 9.29. The Morgan fingerprint density at radius 3 is 2.48 bits per heavy atom. The second-order valence-corrected chi connectivity index (χ2v) is 6.95. The number of morpholine rings is 1. The summed E-state index contributed by atoms with van der Waals surface area (Å²) in [6, 6.07) is 14.4. The highest BCUT2D eigenvalue weighted by Gasteiger charge is 2.18. The Morgan fingerprint density at radius 1 is 1.10 bits per heavy atom. The average Bonchev–Trinajstić information content (AvgIpc) is 2.74. The van der Waals surface area contributed by atoms with Crippen LogP contribution in [0.5, 0.6) is 5.75 Å². The molecule has 8 heteroatoms. The third-order valence-electron chi connectivity index (χ3n) is 4.39. The van der Waals surface area contributed by atoms with E-state index in [1.165, 1.54) is 0 Å². The fourth-order valence-electron chi connectivity index (χ4n) is 2.83. The van der Waals surface area contributed by atoms with E-state index in [1.54, 1.807) is 35.2 Å². The average molecular weight is 413 g/mol. The molecule has 2 N–H and O–H groups in total. The molecule has 2 amide bonds. The number of anilines is 1. The first-order chi connectivity index (χ1) is 14.0. The Labute approximate surface area is 175 Å². The molecule has 7 nitrogen and oxygen atoms in total. The van der Waals surface area contributed by atoms with Crippen LogP contribution in [-0.4, -0.2) is 54.7 Å². The van der Waals surface area contributed by atoms with Crippen molar-refractivity contribution in [3.8, 4) is 5.75 Å². The number of rotatable bonds is 5. The number of nitrogens with zero attached hydrogens (tertiary/aromatic N) is 1. The van der Waals surface area contributed by atoms with Crippen molar-refractivity contribution < 1.29 is 19.1 Å². The predicted molar refractivity (Wildman–Crippen MR) is 114 cm³/mol. The van der Waals surface area contributed by atoms with Gasteiger partial charge in [-0.15, -0.1) is 0 Å². The molecule has 1 aliphatic rings. The fourth-order valence-corrected chi connectivity index (χ4v) is 3.06. The number of aryl methyl sites for hydroxylation is 1. The van der Waals surface area contributed by atoms with Gasteiger partial charge in [0.25, 0.3) is 11.8 Å². The number of para-hydroxylation sites is 1. The van der Waals surface area contributed by atoms with E-state index < -0.39 is 0 Å². The number of thiocarbonyl (C=S) groups is 1. The minimum atomic E-state index is -0.357. The molecule has 2 aromatic rings. The molecule has 0 bridgehead atoms. The van der Waals surface area contributed by atoms with Crippen molar-refractivity contribution in [3.63, 3.8) is 0 Å². The second kappa shape index (κ2) is 9.99. The van der Waals surface area contributed by atoms with E-state index >= 15 is 0 Å². The summed E-state index contributed by atoms with van der Waals surface area (Å²) in [5.74, 6) is 0.274. The summed E-state index contributed by atoms with van der Waals surface area (Å²) in [6.45, 7) is 4.09. The van der Waals surface area contributed by atoms with Crippen LogP contribution >= 0.6 is 12.2 Å². The van der Waals surface area contributed by atoms with E-state index in [0.29, 0.717) is 43.3 Å². The zero-order valence-corrected chi connectivity index (χ0v) is 17.0. The Bertz CT molecular complexity index is 880. The minimum Gasteiger partial charge on any atom is -0.483 e. The second-order valence-electron chi connectivity index (χ2n) is 6.54. The highest BCUT2D eigenvalue weighted by atomic mass is 32.1. The lowest BCUT2D eigenvalue weighted by Gasteiger charge is -2.26. The molecule has 0 atom stereocenters. The van der Waals surface area contributed by atoms with Gasteiger partial charge in [0.2, 0.25) is 0 Å². The lowest BCUT2D eigenvalue weighted by atomic mass is 10.1. The van der Waals surface area contributed by atoms with Crippen LogP contribution in [0.4, 0.5) is 5.69 Å². The van der Waals surface area contributed by atoms with Crippen molar-refractivity contribution in [2.45, 2.75) is 6.92 Å². The number of nitrogens with one attached hydrogen (secondary N) is 2. The molecule has 29 heavy (non-hydrogen) atoms. The van der Waals surface area contributed by atoms with Crippen LogP contribution in [0.2, 0.25) is 0 Å². The van der Waals surface area contributed by atoms with Gasteiger partial charge in [0.15, 0.2) is 11.7 Å². The maximum Gasteiger partial charge on any atom is 0.264 e. The monoisotopic (exact) mass is 413 g/mol. The largest absolute Gasteiger partial charge is 0.483 e. The first-order valence-corrected chi connectivity index (χ1v) is 9.70. The number of benzene rings is 2. The van der Waals surface area contributed by atoms with Crippen LogP contribution in [0.3, 0.4) is 0 Å². The SMILES string of the molecule is Cc1ccccc1OCC(=O)NC(=S)Nc1ccc(C(=O)N2CCOCC2)cc1. The molecular weight excluding hydrogens is 390 g/mol. The summed E-state index contributed by atoms with van der Waals surface area (Å²) < 4.78 is 10.8. The van der Waals surface area contributed by atoms with Gasteiger partial charge in [0.05, 0.1) is 13.2 Å². The molecule has 1 saturated heterocycles. The highest BCUT2D eigenvalue weighted by molar-refractivity contribution is 7.80. The summed E-state index contributed by atoms with van der Waals surface area (Å²) in [5, 5.41) is 5.66. The van der Waals surface area contributed by atoms with Crippen molar-refractivity contribution >= 4 is 34.8 Å². The van der Waals surface area contributed by atoms with Crippen LogP contribution in [0.25, 0.3) is 0 Å². The van der Waals surface area contributed by atoms with Crippen LogP contribution in [0, 0.1) is 6.92 Å². The van der Waals surface area contributed by atoms with Crippen molar-refractivity contribution in [1.29, 1.82) is 0 Å². The lowest BCUT2D eigenvalue weighted by Crippen LogP contribution is -2.40. The third kappa shape index (κ3) is 6.00. The van der Waals surface area contributed by atoms with E-state index in [4.69, 9.17) is 21.7 Å². The van der Waals surface area contributed by atoms with E-state index in [1.807, 2.05) is 25.1 Å². The summed E-state index contributed by atoms with van der Waals surface area (Å²) in [4.78, 5) is 26.2. The van der Waals surface area contributed by atoms with E-state index in [-0.39, 0.29) is 23.5 Å². The van der Waals surface area contributed by atoms with Crippen LogP contribution < -0.4 is 15.4 Å². The maximum atomic E-state index is 12.4. The standard InChI is InChI=1S/C21H23N3O4S/c1-15-4-2-3-5-18(15)28-14-19(25)23-21(29)22-17-8-6-16(7-9-17)20(26)24-10-12-27-13-11-24/h2-9H,10-14H2,1H3,(H2,22,23,25,29). The Balaban J connectivity index is 1.47. The molecule has 0 unspecified atom stereocenters. The van der Waals surface area contributed by atoms with Crippen molar-refractivity contribution in [2.75, 3.05) is 38.2 Å². The Hall–Kier alpha value is -2.97. The molecule has 3 rings (SSSR count). The van der Waals surface area contributed by atoms with Crippen LogP contribution in [0.1, 0.15) is 15.9 Å². The van der Waals surface area contributed by atoms with E-state index in [2.05, 4.69) is 10.6 Å². The molecule has 1 aliphatic heterocycles. The molecule has 1 fully saturated rings. The molecule has 2 aromatic carbocycles. The van der Waals surface area contributed by atoms with Gasteiger partial charge in [-0.3, -0.25) is 14.9 Å². The molecule has 0 saturated carbocycles. The van der Waals surface area contributed by atoms with Gasteiger partial charge in [0.1, 0.15) is 5.75 Å². The van der Waals surface area contributed by atoms with Crippen LogP contribution in [-0.2, 0) is 9.53 Å². The van der Waals surface area contributed by atoms with Gasteiger partial charge in [-0.25, -0.2) is 0 Å². The lowest BCUT2D eigenvalue weighted by molar-refractivity contribution is -0.121. The predicted octanol–water partition coefficient (Wildman–Crippen LogP) is 2.36. The van der Waals surface area contributed by atoms with Gasteiger partial charge in [-0.2, -0.15) is 0 Å². The van der Waals surface area contributed by atoms with Crippen LogP contribution in [0.15, 0.2) is 48.5 Å². The van der Waals surface area contributed by atoms with Crippen molar-refractivity contribution in [1.82, 2.24) is 10.2 Å². The number of hydrogen-bond donors (Lipinski definition) is 2. The molecular formula is C21H23N3O4S. The van der Waals surface area contributed by atoms with Gasteiger partial charge < -0.3 is 19.7 Å². The summed E-state index contributed by atoms with van der Waals surface area (Å²) >= 11 is 5.17. The van der Waals surface area contributed by atoms with Crippen molar-refractivity contribution in [2.24, 2.45) is 0 Å². The quantitative estimate of drug-likeness (QED) is 0.733. The highest BCUT2D eigenvalue weighted by Crippen LogP contribution is 2.16. The zero-order chi connectivity index (χ0) is 20.6. The number of hydrogen-bond acceptors (Lipinski definition) is 5. The molecule has 0 aliphatic carbocycles. The molecule has 0 spiro atoms. The van der Waals surface area contributed by atoms with Crippen molar-refractivity contribution in [3.05, 3.63) is 59.7 Å². The zero-order valence-electron chi connectivity index (χ0n) is 16.1. The Morgan fingerprint density at radius 2 is 1.79 bits per heavy atom. The third-order valence-corrected chi connectivity index (χ3v) is 4.60. The summed E-state index contributed by atoms with van der Waals surface area (Å²) in [7, 11) is 0. The minimum absolute atomic E-state index is 0.0240. The first kappa shape index (κ1) is 20.8. The smallest absolute Gasteiger partial charge is 0.264 e. The maximum absolute atomic E-state index is 12.4. The molecule has 152 valence electrons. The van der Waals surface area contributed by atoms with Gasteiger partial charge in [0, 0.05) is 24.3 Å². The number of carbonyl (C=O) groups excluding carboxylic acids is 2. The summed E-state index contributed by atoms with van der Waals surface area (Å²) in [5.41, 5.74) is 2.22. The van der Waals surface area contributed by atoms with E-state index in [0.717, 1.165) is 5.56 Å². The normalized spacial score (nSPS) is 13.5. The van der Waals surface area contributed by atoms with Gasteiger partial charge >= 0.3 is 0 Å². The molecule has 0 aromatic heterocycles. The fraction of sp³-hybridized carbons (Fsp3) is 0.286. The van der Waals surface area contributed by atoms with E-state index in [9.17, 15) is 9.59 Å². The number of amides is 2. The molecule has 0 radical (unpaired) electrons. The Kier molecular flexibility index (Phi) is 7.15. The summed E-state index contributed by atoms with van der Waals surface area (Å²) in [6.07, 6.45) is 0. The number of ether oxygens (including phenoxy) is 2.